The third-order valence-corrected chi connectivity index (χ3v) is 5.54. The van der Waals surface area contributed by atoms with Crippen LogP contribution in [0, 0.1) is 6.92 Å². The van der Waals surface area contributed by atoms with Crippen molar-refractivity contribution in [3.05, 3.63) is 51.2 Å². The minimum Gasteiger partial charge on any atom is -0.324 e. The van der Waals surface area contributed by atoms with Crippen LogP contribution in [0.25, 0.3) is 0 Å². The number of urea groups is 1. The largest absolute Gasteiger partial charge is 0.325 e. The molecule has 2 N–H and O–H groups in total. The maximum absolute atomic E-state index is 12.7. The van der Waals surface area contributed by atoms with Crippen molar-refractivity contribution in [1.82, 2.24) is 10.2 Å². The number of carbonyl (C=O) groups is 3. The molecule has 0 spiro atoms. The van der Waals surface area contributed by atoms with E-state index in [2.05, 4.69) is 10.6 Å². The van der Waals surface area contributed by atoms with E-state index in [0.29, 0.717) is 10.7 Å². The standard InChI is InChI=1S/C17H16ClN3O3S/c1-10-5-6-11(8-12(10)18)19-14(22)9-21-15(23)17(2,20-16(21)24)13-4-3-7-25-13/h3-8H,9H2,1-2H3,(H,19,22)(H,20,24). The highest BCUT2D eigenvalue weighted by molar-refractivity contribution is 7.10. The molecular weight excluding hydrogens is 362 g/mol. The fourth-order valence-corrected chi connectivity index (χ4v) is 3.60. The first-order valence-electron chi connectivity index (χ1n) is 7.55. The lowest BCUT2D eigenvalue weighted by atomic mass is 10.0. The van der Waals surface area contributed by atoms with Crippen LogP contribution in [0.2, 0.25) is 5.02 Å². The van der Waals surface area contributed by atoms with Gasteiger partial charge in [0.05, 0.1) is 0 Å². The van der Waals surface area contributed by atoms with E-state index < -0.39 is 23.4 Å². The maximum Gasteiger partial charge on any atom is 0.325 e. The molecule has 25 heavy (non-hydrogen) atoms. The van der Waals surface area contributed by atoms with Crippen LogP contribution in [0.15, 0.2) is 35.7 Å². The van der Waals surface area contributed by atoms with E-state index in [0.717, 1.165) is 15.3 Å². The van der Waals surface area contributed by atoms with Crippen LogP contribution in [0.5, 0.6) is 0 Å². The Hall–Kier alpha value is -2.38. The molecule has 130 valence electrons. The van der Waals surface area contributed by atoms with Gasteiger partial charge in [-0.15, -0.1) is 11.3 Å². The van der Waals surface area contributed by atoms with E-state index in [-0.39, 0.29) is 6.54 Å². The Bertz CT molecular complexity index is 853. The number of imide groups is 1. The number of hydrogen-bond acceptors (Lipinski definition) is 4. The average molecular weight is 378 g/mol. The summed E-state index contributed by atoms with van der Waals surface area (Å²) in [7, 11) is 0. The predicted molar refractivity (Wildman–Crippen MR) is 96.7 cm³/mol. The van der Waals surface area contributed by atoms with E-state index in [1.807, 2.05) is 12.3 Å². The number of hydrogen-bond donors (Lipinski definition) is 2. The highest BCUT2D eigenvalue weighted by atomic mass is 35.5. The van der Waals surface area contributed by atoms with Gasteiger partial charge in [0.1, 0.15) is 6.54 Å². The van der Waals surface area contributed by atoms with E-state index in [1.165, 1.54) is 11.3 Å². The van der Waals surface area contributed by atoms with E-state index in [9.17, 15) is 14.4 Å². The molecule has 0 radical (unpaired) electrons. The van der Waals surface area contributed by atoms with Crippen LogP contribution in [-0.2, 0) is 15.1 Å². The zero-order valence-electron chi connectivity index (χ0n) is 13.6. The van der Waals surface area contributed by atoms with Gasteiger partial charge < -0.3 is 10.6 Å². The molecule has 0 saturated carbocycles. The second-order valence-electron chi connectivity index (χ2n) is 5.94. The fourth-order valence-electron chi connectivity index (χ4n) is 2.59. The Kier molecular flexibility index (Phi) is 4.53. The maximum atomic E-state index is 12.7. The second-order valence-corrected chi connectivity index (χ2v) is 7.29. The van der Waals surface area contributed by atoms with Crippen LogP contribution in [0.1, 0.15) is 17.4 Å². The summed E-state index contributed by atoms with van der Waals surface area (Å²) in [5.74, 6) is -0.920. The van der Waals surface area contributed by atoms with Gasteiger partial charge in [-0.05, 0) is 43.0 Å². The molecule has 1 atom stereocenters. The molecule has 0 bridgehead atoms. The van der Waals surface area contributed by atoms with Crippen molar-refractivity contribution in [1.29, 1.82) is 0 Å². The van der Waals surface area contributed by atoms with Crippen molar-refractivity contribution < 1.29 is 14.4 Å². The highest BCUT2D eigenvalue weighted by Gasteiger charge is 2.50. The topological polar surface area (TPSA) is 78.5 Å². The van der Waals surface area contributed by atoms with Gasteiger partial charge in [-0.2, -0.15) is 0 Å². The van der Waals surface area contributed by atoms with Crippen LogP contribution in [0.4, 0.5) is 10.5 Å². The molecule has 1 aliphatic rings. The molecule has 4 amide bonds. The lowest BCUT2D eigenvalue weighted by Gasteiger charge is -2.20. The van der Waals surface area contributed by atoms with Crippen molar-refractivity contribution in [2.24, 2.45) is 0 Å². The first-order chi connectivity index (χ1) is 11.8. The quantitative estimate of drug-likeness (QED) is 0.803. The molecule has 1 aromatic heterocycles. The van der Waals surface area contributed by atoms with Crippen LogP contribution in [0.3, 0.4) is 0 Å². The second kappa shape index (κ2) is 6.50. The third kappa shape index (κ3) is 3.25. The molecule has 6 nitrogen and oxygen atoms in total. The molecule has 8 heteroatoms. The molecule has 1 saturated heterocycles. The molecule has 1 unspecified atom stereocenters. The van der Waals surface area contributed by atoms with Gasteiger partial charge in [0, 0.05) is 15.6 Å². The summed E-state index contributed by atoms with van der Waals surface area (Å²) < 4.78 is 0. The Morgan fingerprint density at radius 1 is 1.36 bits per heavy atom. The van der Waals surface area contributed by atoms with Crippen LogP contribution >= 0.6 is 22.9 Å². The zero-order chi connectivity index (χ0) is 18.2. The minimum atomic E-state index is -1.14. The summed E-state index contributed by atoms with van der Waals surface area (Å²) in [5, 5.41) is 7.67. The van der Waals surface area contributed by atoms with Crippen molar-refractivity contribution in [2.45, 2.75) is 19.4 Å². The van der Waals surface area contributed by atoms with Crippen LogP contribution < -0.4 is 10.6 Å². The Labute approximate surface area is 153 Å². The van der Waals surface area contributed by atoms with Gasteiger partial charge >= 0.3 is 6.03 Å². The van der Waals surface area contributed by atoms with Gasteiger partial charge in [-0.1, -0.05) is 23.7 Å². The summed E-state index contributed by atoms with van der Waals surface area (Å²) in [6.45, 7) is 3.13. The lowest BCUT2D eigenvalue weighted by molar-refractivity contribution is -0.133. The number of amides is 4. The number of benzene rings is 1. The normalized spacial score (nSPS) is 19.9. The van der Waals surface area contributed by atoms with Gasteiger partial charge in [-0.25, -0.2) is 4.79 Å². The number of nitrogens with zero attached hydrogens (tertiary/aromatic N) is 1. The average Bonchev–Trinajstić information content (AvgIpc) is 3.16. The molecule has 1 aliphatic heterocycles. The number of carbonyl (C=O) groups excluding carboxylic acids is 3. The SMILES string of the molecule is Cc1ccc(NC(=O)CN2C(=O)NC(C)(c3cccs3)C2=O)cc1Cl. The van der Waals surface area contributed by atoms with E-state index in [1.54, 1.807) is 37.3 Å². The van der Waals surface area contributed by atoms with Gasteiger partial charge in [-0.3, -0.25) is 14.5 Å². The number of nitrogens with one attached hydrogen (secondary N) is 2. The minimum absolute atomic E-state index is 0.364. The Morgan fingerprint density at radius 3 is 2.76 bits per heavy atom. The van der Waals surface area contributed by atoms with Crippen molar-refractivity contribution in [3.63, 3.8) is 0 Å². The molecule has 0 aliphatic carbocycles. The van der Waals surface area contributed by atoms with Gasteiger partial charge in [0.15, 0.2) is 5.54 Å². The number of anilines is 1. The van der Waals surface area contributed by atoms with Crippen molar-refractivity contribution >= 4 is 46.5 Å². The molecule has 2 heterocycles. The zero-order valence-corrected chi connectivity index (χ0v) is 15.2. The summed E-state index contributed by atoms with van der Waals surface area (Å²) in [6, 6.07) is 8.11. The Morgan fingerprint density at radius 2 is 2.12 bits per heavy atom. The molecule has 1 aromatic carbocycles. The fraction of sp³-hybridized carbons (Fsp3) is 0.235. The third-order valence-electron chi connectivity index (χ3n) is 4.05. The lowest BCUT2D eigenvalue weighted by Crippen LogP contribution is -2.41. The number of rotatable bonds is 4. The highest BCUT2D eigenvalue weighted by Crippen LogP contribution is 2.31. The Balaban J connectivity index is 1.72. The smallest absolute Gasteiger partial charge is 0.324 e. The summed E-state index contributed by atoms with van der Waals surface area (Å²) in [4.78, 5) is 38.7. The van der Waals surface area contributed by atoms with Crippen molar-refractivity contribution in [2.75, 3.05) is 11.9 Å². The van der Waals surface area contributed by atoms with E-state index >= 15 is 0 Å². The van der Waals surface area contributed by atoms with Gasteiger partial charge in [0.2, 0.25) is 5.91 Å². The summed E-state index contributed by atoms with van der Waals surface area (Å²) >= 11 is 7.40. The first-order valence-corrected chi connectivity index (χ1v) is 8.81. The number of aryl methyl sites for hydroxylation is 1. The first kappa shape index (κ1) is 17.4. The van der Waals surface area contributed by atoms with Gasteiger partial charge in [0.25, 0.3) is 5.91 Å². The van der Waals surface area contributed by atoms with Crippen molar-refractivity contribution in [3.8, 4) is 0 Å². The van der Waals surface area contributed by atoms with E-state index in [4.69, 9.17) is 11.6 Å². The monoisotopic (exact) mass is 377 g/mol. The molecule has 1 fully saturated rings. The number of thiophene rings is 1. The predicted octanol–water partition coefficient (Wildman–Crippen LogP) is 3.12. The molecule has 3 rings (SSSR count). The molecule has 2 aromatic rings. The van der Waals surface area contributed by atoms with Crippen LogP contribution in [-0.4, -0.2) is 29.3 Å². The summed E-state index contributed by atoms with van der Waals surface area (Å²) in [6.07, 6.45) is 0. The summed E-state index contributed by atoms with van der Waals surface area (Å²) in [5.41, 5.74) is 0.257. The number of halogens is 1. The molecular formula is C17H16ClN3O3S.